The van der Waals surface area contributed by atoms with Crippen LogP contribution in [0.4, 0.5) is 4.39 Å². The van der Waals surface area contributed by atoms with Crippen molar-refractivity contribution in [2.24, 2.45) is 0 Å². The van der Waals surface area contributed by atoms with Crippen LogP contribution in [-0.2, 0) is 5.75 Å². The molecule has 0 aliphatic carbocycles. The summed E-state index contributed by atoms with van der Waals surface area (Å²) in [5, 5.41) is 9.20. The molecule has 0 amide bonds. The largest absolute Gasteiger partial charge is 0.437 e. The minimum Gasteiger partial charge on any atom is -0.437 e. The molecule has 1 heterocycles. The third-order valence-corrected chi connectivity index (χ3v) is 3.76. The maximum atomic E-state index is 14.0. The standard InChI is InChI=1S/C16H16FNO2S/c1-11-12(2)20-16(18-11)21-10-14-7-6-13(9-15(14)17)5-3-4-8-19/h6-7,9,19H,4,8,10H2,1-2H3. The molecule has 21 heavy (non-hydrogen) atoms. The van der Waals surface area contributed by atoms with E-state index < -0.39 is 0 Å². The zero-order valence-corrected chi connectivity index (χ0v) is 12.8. The van der Waals surface area contributed by atoms with E-state index in [0.29, 0.717) is 28.5 Å². The van der Waals surface area contributed by atoms with Gasteiger partial charge in [-0.3, -0.25) is 0 Å². The summed E-state index contributed by atoms with van der Waals surface area (Å²) in [7, 11) is 0. The average molecular weight is 305 g/mol. The first kappa shape index (κ1) is 15.6. The minimum atomic E-state index is -0.293. The third kappa shape index (κ3) is 4.35. The molecule has 1 N–H and O–H groups in total. The number of oxazole rings is 1. The number of hydrogen-bond acceptors (Lipinski definition) is 4. The number of aliphatic hydroxyl groups is 1. The Balaban J connectivity index is 2.02. The first-order valence-corrected chi connectivity index (χ1v) is 7.53. The third-order valence-electron chi connectivity index (χ3n) is 2.88. The van der Waals surface area contributed by atoms with E-state index in [1.54, 1.807) is 12.1 Å². The van der Waals surface area contributed by atoms with Gasteiger partial charge in [0.1, 0.15) is 11.6 Å². The molecule has 110 valence electrons. The second-order valence-corrected chi connectivity index (χ2v) is 5.42. The lowest BCUT2D eigenvalue weighted by Crippen LogP contribution is -1.89. The van der Waals surface area contributed by atoms with E-state index in [2.05, 4.69) is 16.8 Å². The van der Waals surface area contributed by atoms with Crippen LogP contribution in [0.15, 0.2) is 27.8 Å². The van der Waals surface area contributed by atoms with E-state index in [1.807, 2.05) is 13.8 Å². The molecule has 0 spiro atoms. The zero-order valence-electron chi connectivity index (χ0n) is 11.9. The summed E-state index contributed by atoms with van der Waals surface area (Å²) in [4.78, 5) is 4.25. The van der Waals surface area contributed by atoms with E-state index in [1.165, 1.54) is 17.8 Å². The van der Waals surface area contributed by atoms with Crippen molar-refractivity contribution in [2.75, 3.05) is 6.61 Å². The molecule has 0 unspecified atom stereocenters. The number of nitrogens with zero attached hydrogens (tertiary/aromatic N) is 1. The highest BCUT2D eigenvalue weighted by atomic mass is 32.2. The Morgan fingerprint density at radius 2 is 2.19 bits per heavy atom. The van der Waals surface area contributed by atoms with Gasteiger partial charge >= 0.3 is 0 Å². The summed E-state index contributed by atoms with van der Waals surface area (Å²) in [5.74, 6) is 6.52. The molecule has 2 rings (SSSR count). The quantitative estimate of drug-likeness (QED) is 0.694. The van der Waals surface area contributed by atoms with Crippen LogP contribution in [0.1, 0.15) is 29.0 Å². The lowest BCUT2D eigenvalue weighted by Gasteiger charge is -2.01. The van der Waals surface area contributed by atoms with Crippen molar-refractivity contribution in [3.05, 3.63) is 46.6 Å². The second kappa shape index (κ2) is 7.30. The number of aliphatic hydroxyl groups excluding tert-OH is 1. The number of benzene rings is 1. The predicted molar refractivity (Wildman–Crippen MR) is 80.5 cm³/mol. The summed E-state index contributed by atoms with van der Waals surface area (Å²) in [5.41, 5.74) is 2.05. The highest BCUT2D eigenvalue weighted by Gasteiger charge is 2.09. The molecule has 0 saturated carbocycles. The monoisotopic (exact) mass is 305 g/mol. The zero-order chi connectivity index (χ0) is 15.2. The van der Waals surface area contributed by atoms with Gasteiger partial charge in [-0.2, -0.15) is 0 Å². The van der Waals surface area contributed by atoms with Crippen LogP contribution in [0.25, 0.3) is 0 Å². The van der Waals surface area contributed by atoms with Crippen LogP contribution in [0.2, 0.25) is 0 Å². The number of aromatic nitrogens is 1. The van der Waals surface area contributed by atoms with Gasteiger partial charge < -0.3 is 9.52 Å². The van der Waals surface area contributed by atoms with Crippen molar-refractivity contribution in [1.82, 2.24) is 4.98 Å². The Kier molecular flexibility index (Phi) is 5.43. The Bertz CT molecular complexity index is 666. The number of aryl methyl sites for hydroxylation is 2. The molecule has 1 aromatic carbocycles. The SMILES string of the molecule is Cc1nc(SCc2ccc(C#CCCO)cc2F)oc1C. The smallest absolute Gasteiger partial charge is 0.256 e. The van der Waals surface area contributed by atoms with Gasteiger partial charge in [0.25, 0.3) is 5.22 Å². The fourth-order valence-corrected chi connectivity index (χ4v) is 2.51. The van der Waals surface area contributed by atoms with Crippen LogP contribution in [0.5, 0.6) is 0 Å². The van der Waals surface area contributed by atoms with E-state index >= 15 is 0 Å². The van der Waals surface area contributed by atoms with Crippen LogP contribution in [0, 0.1) is 31.5 Å². The second-order valence-electron chi connectivity index (χ2n) is 4.49. The summed E-state index contributed by atoms with van der Waals surface area (Å²) in [6, 6.07) is 4.90. The Morgan fingerprint density at radius 1 is 1.38 bits per heavy atom. The Hall–Kier alpha value is -1.77. The maximum absolute atomic E-state index is 14.0. The van der Waals surface area contributed by atoms with Gasteiger partial charge in [-0.25, -0.2) is 9.37 Å². The van der Waals surface area contributed by atoms with Gasteiger partial charge in [0, 0.05) is 17.7 Å². The number of rotatable bonds is 4. The van der Waals surface area contributed by atoms with E-state index in [-0.39, 0.29) is 12.4 Å². The van der Waals surface area contributed by atoms with Crippen LogP contribution < -0.4 is 0 Å². The summed E-state index contributed by atoms with van der Waals surface area (Å²) < 4.78 is 19.4. The highest BCUT2D eigenvalue weighted by Crippen LogP contribution is 2.25. The molecule has 0 saturated heterocycles. The van der Waals surface area contributed by atoms with E-state index in [9.17, 15) is 4.39 Å². The topological polar surface area (TPSA) is 46.3 Å². The molecule has 5 heteroatoms. The van der Waals surface area contributed by atoms with E-state index in [0.717, 1.165) is 11.5 Å². The molecular weight excluding hydrogens is 289 g/mol. The number of halogens is 1. The van der Waals surface area contributed by atoms with Crippen molar-refractivity contribution < 1.29 is 13.9 Å². The molecule has 0 aliphatic heterocycles. The van der Waals surface area contributed by atoms with Crippen molar-refractivity contribution in [3.63, 3.8) is 0 Å². The number of thioether (sulfide) groups is 1. The average Bonchev–Trinajstić information content (AvgIpc) is 2.77. The van der Waals surface area contributed by atoms with Gasteiger partial charge in [-0.05, 0) is 31.5 Å². The van der Waals surface area contributed by atoms with Crippen molar-refractivity contribution in [1.29, 1.82) is 0 Å². The van der Waals surface area contributed by atoms with Crippen molar-refractivity contribution in [3.8, 4) is 11.8 Å². The molecule has 3 nitrogen and oxygen atoms in total. The molecule has 0 atom stereocenters. The molecule has 0 radical (unpaired) electrons. The fraction of sp³-hybridized carbons (Fsp3) is 0.312. The van der Waals surface area contributed by atoms with Crippen LogP contribution >= 0.6 is 11.8 Å². The number of hydrogen-bond donors (Lipinski definition) is 1. The maximum Gasteiger partial charge on any atom is 0.256 e. The Morgan fingerprint density at radius 3 is 2.81 bits per heavy atom. The summed E-state index contributed by atoms with van der Waals surface area (Å²) in [6.07, 6.45) is 0.391. The van der Waals surface area contributed by atoms with E-state index in [4.69, 9.17) is 9.52 Å². The van der Waals surface area contributed by atoms with Crippen molar-refractivity contribution in [2.45, 2.75) is 31.2 Å². The van der Waals surface area contributed by atoms with Crippen LogP contribution in [0.3, 0.4) is 0 Å². The van der Waals surface area contributed by atoms with Gasteiger partial charge in [-0.15, -0.1) is 0 Å². The molecule has 0 bridgehead atoms. The fourth-order valence-electron chi connectivity index (χ4n) is 1.61. The van der Waals surface area contributed by atoms with Gasteiger partial charge in [0.15, 0.2) is 0 Å². The van der Waals surface area contributed by atoms with Gasteiger partial charge in [-0.1, -0.05) is 29.7 Å². The molecular formula is C16H16FNO2S. The van der Waals surface area contributed by atoms with Crippen molar-refractivity contribution >= 4 is 11.8 Å². The molecule has 2 aromatic rings. The van der Waals surface area contributed by atoms with Crippen LogP contribution in [-0.4, -0.2) is 16.7 Å². The molecule has 0 aliphatic rings. The van der Waals surface area contributed by atoms with Gasteiger partial charge in [0.05, 0.1) is 12.3 Å². The summed E-state index contributed by atoms with van der Waals surface area (Å²) in [6.45, 7) is 3.75. The lowest BCUT2D eigenvalue weighted by atomic mass is 10.1. The Labute approximate surface area is 127 Å². The molecule has 1 aromatic heterocycles. The lowest BCUT2D eigenvalue weighted by molar-refractivity contribution is 0.305. The first-order chi connectivity index (χ1) is 10.1. The minimum absolute atomic E-state index is 0.0131. The summed E-state index contributed by atoms with van der Waals surface area (Å²) >= 11 is 1.36. The predicted octanol–water partition coefficient (Wildman–Crippen LogP) is 3.46. The highest BCUT2D eigenvalue weighted by molar-refractivity contribution is 7.98. The van der Waals surface area contributed by atoms with Gasteiger partial charge in [0.2, 0.25) is 0 Å². The normalized spacial score (nSPS) is 10.3. The molecule has 0 fully saturated rings. The first-order valence-electron chi connectivity index (χ1n) is 6.55.